The topological polar surface area (TPSA) is 95.7 Å². The molecule has 6 heteroatoms. The average Bonchev–Trinajstić information content (AvgIpc) is 2.77. The summed E-state index contributed by atoms with van der Waals surface area (Å²) in [5.74, 6) is -0.840. The van der Waals surface area contributed by atoms with E-state index in [-0.39, 0.29) is 52.8 Å². The van der Waals surface area contributed by atoms with Gasteiger partial charge in [0.1, 0.15) is 0 Å². The quantitative estimate of drug-likeness (QED) is 0.111. The van der Waals surface area contributed by atoms with E-state index in [1.807, 2.05) is 13.8 Å². The van der Waals surface area contributed by atoms with Crippen LogP contribution in [0.25, 0.3) is 0 Å². The fraction of sp³-hybridized carbons (Fsp3) is 0.710. The molecule has 1 unspecified atom stereocenters. The highest BCUT2D eigenvalue weighted by molar-refractivity contribution is 6.00. The van der Waals surface area contributed by atoms with Crippen molar-refractivity contribution in [3.8, 4) is 11.5 Å². The largest absolute Gasteiger partial charge is 0.423 e. The normalized spacial score (nSPS) is 12.9. The lowest BCUT2D eigenvalue weighted by molar-refractivity contribution is -0.137. The van der Waals surface area contributed by atoms with Crippen LogP contribution in [0.4, 0.5) is 0 Å². The number of ether oxygens (including phenoxy) is 2. The van der Waals surface area contributed by atoms with Gasteiger partial charge in [-0.3, -0.25) is 14.4 Å². The number of carbonyl (C=O) groups excluding carboxylic acids is 3. The number of nitrogens with two attached hydrogens (primary N) is 1. The zero-order chi connectivity index (χ0) is 28.2. The van der Waals surface area contributed by atoms with Crippen molar-refractivity contribution in [2.24, 2.45) is 22.5 Å². The van der Waals surface area contributed by atoms with E-state index in [1.54, 1.807) is 6.07 Å². The first kappa shape index (κ1) is 32.8. The summed E-state index contributed by atoms with van der Waals surface area (Å²) >= 11 is 0. The van der Waals surface area contributed by atoms with Crippen LogP contribution >= 0.6 is 0 Å². The van der Waals surface area contributed by atoms with Gasteiger partial charge in [0.05, 0.1) is 6.04 Å². The van der Waals surface area contributed by atoms with Gasteiger partial charge >= 0.3 is 11.9 Å². The first-order valence-corrected chi connectivity index (χ1v) is 13.9. The maximum absolute atomic E-state index is 12.8. The van der Waals surface area contributed by atoms with Crippen LogP contribution in [0.5, 0.6) is 11.5 Å². The molecular weight excluding hydrogens is 466 g/mol. The molecule has 1 aromatic rings. The van der Waals surface area contributed by atoms with E-state index in [2.05, 4.69) is 41.5 Å². The Morgan fingerprint density at radius 1 is 0.730 bits per heavy atom. The summed E-state index contributed by atoms with van der Waals surface area (Å²) in [6.45, 7) is 17.0. The number of carbonyl (C=O) groups is 3. The molecule has 1 atom stereocenters. The summed E-state index contributed by atoms with van der Waals surface area (Å²) in [6.07, 6.45) is 8.18. The van der Waals surface area contributed by atoms with E-state index in [0.717, 1.165) is 51.4 Å². The molecule has 1 rings (SSSR count). The number of hydrogen-bond donors (Lipinski definition) is 1. The van der Waals surface area contributed by atoms with Crippen LogP contribution in [0.15, 0.2) is 18.2 Å². The molecule has 1 aromatic carbocycles. The molecule has 0 bridgehead atoms. The number of rotatable bonds is 15. The smallest absolute Gasteiger partial charge is 0.311 e. The minimum Gasteiger partial charge on any atom is -0.423 e. The lowest BCUT2D eigenvalue weighted by Crippen LogP contribution is -2.35. The third-order valence-electron chi connectivity index (χ3n) is 6.31. The molecule has 0 fully saturated rings. The number of ketones is 1. The first-order chi connectivity index (χ1) is 17.1. The molecule has 0 aliphatic carbocycles. The van der Waals surface area contributed by atoms with E-state index < -0.39 is 12.0 Å². The molecule has 0 saturated heterocycles. The Bertz CT molecular complexity index is 877. The molecule has 6 nitrogen and oxygen atoms in total. The zero-order valence-corrected chi connectivity index (χ0v) is 24.6. The van der Waals surface area contributed by atoms with E-state index in [0.29, 0.717) is 5.56 Å². The highest BCUT2D eigenvalue weighted by atomic mass is 16.6. The van der Waals surface area contributed by atoms with Gasteiger partial charge in [0.25, 0.3) is 0 Å². The predicted octanol–water partition coefficient (Wildman–Crippen LogP) is 7.66. The summed E-state index contributed by atoms with van der Waals surface area (Å²) < 4.78 is 11.2. The van der Waals surface area contributed by atoms with Crippen LogP contribution < -0.4 is 15.2 Å². The standard InChI is InChI=1S/C31H51NO5/c1-22(2)28(32)29(35)23-17-18-24(36-26(33)15-11-9-13-19-30(3,4)5)25(21-23)37-27(34)16-12-10-14-20-31(6,7)8/h17-18,21-22,28H,9-16,19-20,32H2,1-8H3. The maximum Gasteiger partial charge on any atom is 0.311 e. The van der Waals surface area contributed by atoms with Crippen molar-refractivity contribution in [3.05, 3.63) is 23.8 Å². The van der Waals surface area contributed by atoms with Crippen molar-refractivity contribution in [2.45, 2.75) is 126 Å². The molecule has 37 heavy (non-hydrogen) atoms. The molecule has 210 valence electrons. The Morgan fingerprint density at radius 2 is 1.19 bits per heavy atom. The van der Waals surface area contributed by atoms with E-state index in [9.17, 15) is 14.4 Å². The summed E-state index contributed by atoms with van der Waals surface area (Å²) in [5.41, 5.74) is 6.93. The van der Waals surface area contributed by atoms with Gasteiger partial charge in [-0.25, -0.2) is 0 Å². The highest BCUT2D eigenvalue weighted by Crippen LogP contribution is 2.31. The zero-order valence-electron chi connectivity index (χ0n) is 24.6. The Balaban J connectivity index is 2.83. The second kappa shape index (κ2) is 15.3. The second-order valence-electron chi connectivity index (χ2n) is 13.0. The fourth-order valence-corrected chi connectivity index (χ4v) is 3.87. The van der Waals surface area contributed by atoms with Crippen LogP contribution in [0.3, 0.4) is 0 Å². The first-order valence-electron chi connectivity index (χ1n) is 13.9. The number of benzene rings is 1. The summed E-state index contributed by atoms with van der Waals surface area (Å²) in [7, 11) is 0. The van der Waals surface area contributed by atoms with Gasteiger partial charge in [-0.1, -0.05) is 81.1 Å². The Labute approximate surface area is 225 Å². The minimum atomic E-state index is -0.673. The van der Waals surface area contributed by atoms with Crippen molar-refractivity contribution in [2.75, 3.05) is 0 Å². The van der Waals surface area contributed by atoms with Gasteiger partial charge in [-0.2, -0.15) is 0 Å². The van der Waals surface area contributed by atoms with Gasteiger partial charge in [0.15, 0.2) is 17.3 Å². The third kappa shape index (κ3) is 14.3. The Morgan fingerprint density at radius 3 is 1.62 bits per heavy atom. The third-order valence-corrected chi connectivity index (χ3v) is 6.31. The molecule has 0 aliphatic heterocycles. The highest BCUT2D eigenvalue weighted by Gasteiger charge is 2.22. The van der Waals surface area contributed by atoms with Crippen LogP contribution in [0.2, 0.25) is 0 Å². The van der Waals surface area contributed by atoms with Gasteiger partial charge in [0.2, 0.25) is 0 Å². The second-order valence-corrected chi connectivity index (χ2v) is 13.0. The molecule has 2 N–H and O–H groups in total. The monoisotopic (exact) mass is 517 g/mol. The lowest BCUT2D eigenvalue weighted by Gasteiger charge is -2.17. The van der Waals surface area contributed by atoms with E-state index >= 15 is 0 Å². The van der Waals surface area contributed by atoms with Gasteiger partial charge < -0.3 is 15.2 Å². The number of hydrogen-bond acceptors (Lipinski definition) is 6. The number of unbranched alkanes of at least 4 members (excludes halogenated alkanes) is 4. The van der Waals surface area contributed by atoms with Crippen molar-refractivity contribution in [1.82, 2.24) is 0 Å². The van der Waals surface area contributed by atoms with Crippen LogP contribution in [0.1, 0.15) is 130 Å². The van der Waals surface area contributed by atoms with E-state index in [4.69, 9.17) is 15.2 Å². The Hall–Kier alpha value is -2.21. The van der Waals surface area contributed by atoms with E-state index in [1.165, 1.54) is 12.1 Å². The molecule has 0 saturated carbocycles. The predicted molar refractivity (Wildman–Crippen MR) is 150 cm³/mol. The van der Waals surface area contributed by atoms with Crippen molar-refractivity contribution >= 4 is 17.7 Å². The molecule has 0 spiro atoms. The average molecular weight is 518 g/mol. The van der Waals surface area contributed by atoms with Crippen LogP contribution in [0, 0.1) is 16.7 Å². The maximum atomic E-state index is 12.8. The number of esters is 2. The SMILES string of the molecule is CC(C)C(N)C(=O)c1ccc(OC(=O)CCCCCC(C)(C)C)c(OC(=O)CCCCCC(C)(C)C)c1. The summed E-state index contributed by atoms with van der Waals surface area (Å²) in [6, 6.07) is 3.88. The molecular formula is C31H51NO5. The molecule has 0 amide bonds. The number of Topliss-reactive ketones (excluding diaryl/α,β-unsaturated/α-hetero) is 1. The van der Waals surface area contributed by atoms with Crippen molar-refractivity contribution in [3.63, 3.8) is 0 Å². The lowest BCUT2D eigenvalue weighted by atomic mass is 9.89. The van der Waals surface area contributed by atoms with Crippen molar-refractivity contribution < 1.29 is 23.9 Å². The molecule has 0 heterocycles. The van der Waals surface area contributed by atoms with Crippen LogP contribution in [-0.2, 0) is 9.59 Å². The fourth-order valence-electron chi connectivity index (χ4n) is 3.87. The van der Waals surface area contributed by atoms with Gasteiger partial charge in [-0.15, -0.1) is 0 Å². The molecule has 0 aromatic heterocycles. The summed E-state index contributed by atoms with van der Waals surface area (Å²) in [5, 5.41) is 0. The van der Waals surface area contributed by atoms with Crippen LogP contribution in [-0.4, -0.2) is 23.8 Å². The van der Waals surface area contributed by atoms with Crippen molar-refractivity contribution in [1.29, 1.82) is 0 Å². The molecule has 0 radical (unpaired) electrons. The van der Waals surface area contributed by atoms with Gasteiger partial charge in [-0.05, 0) is 60.6 Å². The molecule has 0 aliphatic rings. The van der Waals surface area contributed by atoms with Gasteiger partial charge in [0, 0.05) is 18.4 Å². The Kier molecular flexibility index (Phi) is 13.5. The minimum absolute atomic E-state index is 0.0395. The summed E-state index contributed by atoms with van der Waals surface area (Å²) in [4.78, 5) is 37.9.